The summed E-state index contributed by atoms with van der Waals surface area (Å²) in [5, 5.41) is 0.583. The van der Waals surface area contributed by atoms with E-state index in [1.165, 1.54) is 12.1 Å². The van der Waals surface area contributed by atoms with Gasteiger partial charge in [0.2, 0.25) is 0 Å². The van der Waals surface area contributed by atoms with E-state index in [-0.39, 0.29) is 17.3 Å². The number of fused-ring (bicyclic) bond motifs is 1. The van der Waals surface area contributed by atoms with Gasteiger partial charge in [-0.1, -0.05) is 12.1 Å². The van der Waals surface area contributed by atoms with E-state index in [4.69, 9.17) is 0 Å². The number of H-pyrrole nitrogens is 1. The van der Waals surface area contributed by atoms with Crippen LogP contribution in [0.3, 0.4) is 0 Å². The van der Waals surface area contributed by atoms with Crippen molar-refractivity contribution in [3.8, 4) is 5.69 Å². The molecule has 0 radical (unpaired) electrons. The molecule has 1 fully saturated rings. The van der Waals surface area contributed by atoms with Crippen molar-refractivity contribution in [2.45, 2.75) is 20.4 Å². The van der Waals surface area contributed by atoms with Gasteiger partial charge in [-0.3, -0.25) is 14.5 Å². The average molecular weight is 460 g/mol. The summed E-state index contributed by atoms with van der Waals surface area (Å²) >= 11 is 0. The van der Waals surface area contributed by atoms with E-state index in [1.807, 2.05) is 47.6 Å². The van der Waals surface area contributed by atoms with Crippen LogP contribution < -0.4 is 5.56 Å². The molecule has 0 unspecified atom stereocenters. The molecule has 0 spiro atoms. The summed E-state index contributed by atoms with van der Waals surface area (Å²) in [5.41, 5.74) is 3.82. The molecule has 4 aromatic rings. The van der Waals surface area contributed by atoms with Gasteiger partial charge in [-0.05, 0) is 56.3 Å². The second-order valence-corrected chi connectivity index (χ2v) is 8.69. The summed E-state index contributed by atoms with van der Waals surface area (Å²) in [5.74, 6) is 0.341. The summed E-state index contributed by atoms with van der Waals surface area (Å²) < 4.78 is 15.3. The van der Waals surface area contributed by atoms with E-state index in [0.717, 1.165) is 17.1 Å². The van der Waals surface area contributed by atoms with Crippen LogP contribution in [0, 0.1) is 19.7 Å². The Balaban J connectivity index is 1.27. The van der Waals surface area contributed by atoms with Crippen LogP contribution in [0.25, 0.3) is 16.6 Å². The lowest BCUT2D eigenvalue weighted by Crippen LogP contribution is -2.48. The molecular weight excluding hydrogens is 433 g/mol. The molecule has 2 aromatic heterocycles. The number of hydrogen-bond donors (Lipinski definition) is 1. The standard InChI is InChI=1S/C26H26FN5O2/c1-17-15-22(18(2)32(17)20-9-7-19(27)8-10-20)26(34)31-13-11-30(12-14-31)16-24-28-23-6-4-3-5-21(23)25(33)29-24/h3-10,15H,11-14,16H2,1-2H3,(H,28,29,33). The minimum atomic E-state index is -0.289. The van der Waals surface area contributed by atoms with Gasteiger partial charge >= 0.3 is 0 Å². The second-order valence-electron chi connectivity index (χ2n) is 8.69. The number of hydrogen-bond acceptors (Lipinski definition) is 4. The van der Waals surface area contributed by atoms with E-state index in [9.17, 15) is 14.0 Å². The van der Waals surface area contributed by atoms with Crippen molar-refractivity contribution < 1.29 is 9.18 Å². The molecule has 1 N–H and O–H groups in total. The molecule has 2 aromatic carbocycles. The highest BCUT2D eigenvalue weighted by Gasteiger charge is 2.26. The average Bonchev–Trinajstić information content (AvgIpc) is 3.13. The van der Waals surface area contributed by atoms with E-state index < -0.39 is 0 Å². The zero-order chi connectivity index (χ0) is 23.8. The normalized spacial score (nSPS) is 14.6. The molecule has 1 amide bonds. The van der Waals surface area contributed by atoms with Gasteiger partial charge < -0.3 is 14.5 Å². The van der Waals surface area contributed by atoms with Crippen LogP contribution in [-0.2, 0) is 6.54 Å². The fourth-order valence-electron chi connectivity index (χ4n) is 4.67. The van der Waals surface area contributed by atoms with E-state index in [1.54, 1.807) is 18.2 Å². The molecule has 3 heterocycles. The van der Waals surface area contributed by atoms with Gasteiger partial charge in [0.15, 0.2) is 0 Å². The molecule has 34 heavy (non-hydrogen) atoms. The lowest BCUT2D eigenvalue weighted by atomic mass is 10.2. The highest BCUT2D eigenvalue weighted by molar-refractivity contribution is 5.96. The number of aromatic amines is 1. The Kier molecular flexibility index (Phi) is 5.75. The number of halogens is 1. The number of carbonyl (C=O) groups is 1. The number of benzene rings is 2. The molecule has 1 aliphatic rings. The Morgan fingerprint density at radius 1 is 1.03 bits per heavy atom. The summed E-state index contributed by atoms with van der Waals surface area (Å²) in [6.07, 6.45) is 0. The molecule has 0 bridgehead atoms. The van der Waals surface area contributed by atoms with Crippen LogP contribution in [-0.4, -0.2) is 56.4 Å². The Bertz CT molecular complexity index is 1420. The first-order valence-corrected chi connectivity index (χ1v) is 11.3. The van der Waals surface area contributed by atoms with Gasteiger partial charge in [0.05, 0.1) is 23.0 Å². The number of para-hydroxylation sites is 1. The zero-order valence-electron chi connectivity index (χ0n) is 19.2. The summed E-state index contributed by atoms with van der Waals surface area (Å²) in [7, 11) is 0. The van der Waals surface area contributed by atoms with Crippen molar-refractivity contribution in [2.24, 2.45) is 0 Å². The molecule has 1 aliphatic heterocycles. The quantitative estimate of drug-likeness (QED) is 0.508. The largest absolute Gasteiger partial charge is 0.336 e. The van der Waals surface area contributed by atoms with Gasteiger partial charge in [-0.2, -0.15) is 0 Å². The van der Waals surface area contributed by atoms with Gasteiger partial charge in [0.25, 0.3) is 11.5 Å². The fraction of sp³-hybridized carbons (Fsp3) is 0.269. The van der Waals surface area contributed by atoms with E-state index >= 15 is 0 Å². The maximum absolute atomic E-state index is 13.3. The van der Waals surface area contributed by atoms with E-state index in [2.05, 4.69) is 14.9 Å². The van der Waals surface area contributed by atoms with Crippen LogP contribution in [0.15, 0.2) is 59.4 Å². The SMILES string of the molecule is Cc1cc(C(=O)N2CCN(Cc3nc4ccccc4c(=O)[nH]3)CC2)c(C)n1-c1ccc(F)cc1. The maximum atomic E-state index is 13.3. The number of piperazine rings is 1. The molecule has 5 rings (SSSR count). The Morgan fingerprint density at radius 3 is 2.47 bits per heavy atom. The van der Waals surface area contributed by atoms with Gasteiger partial charge in [-0.15, -0.1) is 0 Å². The Labute approximate surface area is 196 Å². The van der Waals surface area contributed by atoms with Crippen LogP contribution >= 0.6 is 0 Å². The first kappa shape index (κ1) is 22.0. The lowest BCUT2D eigenvalue weighted by molar-refractivity contribution is 0.0625. The van der Waals surface area contributed by atoms with Crippen molar-refractivity contribution in [1.82, 2.24) is 24.3 Å². The Morgan fingerprint density at radius 2 is 1.74 bits per heavy atom. The van der Waals surface area contributed by atoms with Gasteiger partial charge in [0.1, 0.15) is 11.6 Å². The minimum Gasteiger partial charge on any atom is -0.336 e. The number of nitrogens with one attached hydrogen (secondary N) is 1. The van der Waals surface area contributed by atoms with Crippen molar-refractivity contribution in [3.63, 3.8) is 0 Å². The van der Waals surface area contributed by atoms with Crippen molar-refractivity contribution >= 4 is 16.8 Å². The molecule has 0 atom stereocenters. The molecule has 174 valence electrons. The third kappa shape index (κ3) is 4.12. The summed E-state index contributed by atoms with van der Waals surface area (Å²) in [6, 6.07) is 15.5. The highest BCUT2D eigenvalue weighted by atomic mass is 19.1. The maximum Gasteiger partial charge on any atom is 0.258 e. The lowest BCUT2D eigenvalue weighted by Gasteiger charge is -2.34. The highest BCUT2D eigenvalue weighted by Crippen LogP contribution is 2.23. The van der Waals surface area contributed by atoms with Crippen LogP contribution in [0.5, 0.6) is 0 Å². The third-order valence-electron chi connectivity index (χ3n) is 6.44. The van der Waals surface area contributed by atoms with Crippen LogP contribution in [0.4, 0.5) is 4.39 Å². The Hall–Kier alpha value is -3.78. The van der Waals surface area contributed by atoms with Crippen molar-refractivity contribution in [3.05, 3.63) is 93.5 Å². The molecule has 8 heteroatoms. The van der Waals surface area contributed by atoms with Gasteiger partial charge in [0, 0.05) is 43.3 Å². The number of rotatable bonds is 4. The van der Waals surface area contributed by atoms with Crippen molar-refractivity contribution in [2.75, 3.05) is 26.2 Å². The number of carbonyl (C=O) groups excluding carboxylic acids is 1. The molecular formula is C26H26FN5O2. The minimum absolute atomic E-state index is 0.00153. The number of aromatic nitrogens is 3. The van der Waals surface area contributed by atoms with Crippen LogP contribution in [0.1, 0.15) is 27.6 Å². The van der Waals surface area contributed by atoms with Crippen LogP contribution in [0.2, 0.25) is 0 Å². The molecule has 0 aliphatic carbocycles. The van der Waals surface area contributed by atoms with E-state index in [0.29, 0.717) is 55.0 Å². The smallest absolute Gasteiger partial charge is 0.258 e. The first-order valence-electron chi connectivity index (χ1n) is 11.3. The number of aryl methyl sites for hydroxylation is 1. The third-order valence-corrected chi connectivity index (χ3v) is 6.44. The van der Waals surface area contributed by atoms with Gasteiger partial charge in [-0.25, -0.2) is 9.37 Å². The summed E-state index contributed by atoms with van der Waals surface area (Å²) in [4.78, 5) is 37.2. The first-order chi connectivity index (χ1) is 16.4. The fourth-order valence-corrected chi connectivity index (χ4v) is 4.67. The van der Waals surface area contributed by atoms with Crippen molar-refractivity contribution in [1.29, 1.82) is 0 Å². The second kappa shape index (κ2) is 8.87. The predicted molar refractivity (Wildman–Crippen MR) is 129 cm³/mol. The zero-order valence-corrected chi connectivity index (χ0v) is 19.2. The number of amides is 1. The number of nitrogens with zero attached hydrogens (tertiary/aromatic N) is 4. The monoisotopic (exact) mass is 459 g/mol. The molecule has 0 saturated carbocycles. The molecule has 1 saturated heterocycles. The summed E-state index contributed by atoms with van der Waals surface area (Å²) in [6.45, 7) is 6.97. The topological polar surface area (TPSA) is 74.2 Å². The molecule has 7 nitrogen and oxygen atoms in total. The predicted octanol–water partition coefficient (Wildman–Crippen LogP) is 3.43.